The van der Waals surface area contributed by atoms with Crippen LogP contribution < -0.4 is 19.1 Å². The van der Waals surface area contributed by atoms with Crippen molar-refractivity contribution >= 4 is 35.3 Å². The molecule has 0 saturated carbocycles. The van der Waals surface area contributed by atoms with Gasteiger partial charge < -0.3 is 19.1 Å². The molecule has 0 spiro atoms. The first kappa shape index (κ1) is 25.9. The summed E-state index contributed by atoms with van der Waals surface area (Å²) in [6.45, 7) is 0.269. The van der Waals surface area contributed by atoms with Crippen molar-refractivity contribution in [3.8, 4) is 17.2 Å². The molecule has 0 saturated heterocycles. The van der Waals surface area contributed by atoms with Crippen LogP contribution >= 0.6 is 11.6 Å². The first-order valence-corrected chi connectivity index (χ1v) is 12.1. The van der Waals surface area contributed by atoms with Gasteiger partial charge in [-0.2, -0.15) is 0 Å². The molecule has 0 radical (unpaired) electrons. The van der Waals surface area contributed by atoms with Crippen molar-refractivity contribution in [2.24, 2.45) is 0 Å². The van der Waals surface area contributed by atoms with Crippen LogP contribution in [0.25, 0.3) is 12.2 Å². The molecular formula is C31H28ClNO4. The molecule has 0 aliphatic carbocycles. The number of methoxy groups -OCH3 is 3. The second kappa shape index (κ2) is 12.2. The first-order chi connectivity index (χ1) is 18.0. The number of ether oxygens (including phenoxy) is 3. The Morgan fingerprint density at radius 2 is 1.51 bits per heavy atom. The van der Waals surface area contributed by atoms with Crippen molar-refractivity contribution in [3.05, 3.63) is 118 Å². The van der Waals surface area contributed by atoms with Gasteiger partial charge in [0.15, 0.2) is 0 Å². The molecule has 4 rings (SSSR count). The third-order valence-corrected chi connectivity index (χ3v) is 6.18. The van der Waals surface area contributed by atoms with Crippen LogP contribution in [0.2, 0.25) is 5.02 Å². The number of hydrogen-bond donors (Lipinski definition) is 0. The number of carbonyl (C=O) groups excluding carboxylic acids is 1. The van der Waals surface area contributed by atoms with Crippen molar-refractivity contribution < 1.29 is 19.0 Å². The zero-order valence-corrected chi connectivity index (χ0v) is 21.7. The number of rotatable bonds is 9. The van der Waals surface area contributed by atoms with E-state index >= 15 is 0 Å². The molecule has 0 aliphatic rings. The van der Waals surface area contributed by atoms with Gasteiger partial charge in [-0.25, -0.2) is 0 Å². The molecule has 0 atom stereocenters. The summed E-state index contributed by atoms with van der Waals surface area (Å²) in [5, 5.41) is 0.504. The third-order valence-electron chi connectivity index (χ3n) is 5.94. The molecule has 4 aromatic carbocycles. The number of nitrogens with zero attached hydrogens (tertiary/aromatic N) is 1. The summed E-state index contributed by atoms with van der Waals surface area (Å²) >= 11 is 6.20. The molecule has 0 aromatic heterocycles. The SMILES string of the molecule is COc1ccc(C=Cc2cc(OC)cc(OC)c2CN(C(=O)c2cccc(Cl)c2)c2ccccc2)cc1. The maximum atomic E-state index is 13.7. The van der Waals surface area contributed by atoms with Gasteiger partial charge in [0.05, 0.1) is 27.9 Å². The monoisotopic (exact) mass is 513 g/mol. The molecule has 5 nitrogen and oxygen atoms in total. The Hall–Kier alpha value is -4.22. The molecule has 37 heavy (non-hydrogen) atoms. The molecule has 0 unspecified atom stereocenters. The first-order valence-electron chi connectivity index (χ1n) is 11.7. The number of amides is 1. The number of hydrogen-bond acceptors (Lipinski definition) is 4. The Kier molecular flexibility index (Phi) is 8.49. The van der Waals surface area contributed by atoms with Crippen molar-refractivity contribution in [2.45, 2.75) is 6.54 Å². The Morgan fingerprint density at radius 1 is 0.784 bits per heavy atom. The van der Waals surface area contributed by atoms with E-state index in [2.05, 4.69) is 0 Å². The Morgan fingerprint density at radius 3 is 2.16 bits per heavy atom. The summed E-state index contributed by atoms with van der Waals surface area (Å²) in [5.41, 5.74) is 3.97. The highest BCUT2D eigenvalue weighted by Gasteiger charge is 2.22. The fourth-order valence-electron chi connectivity index (χ4n) is 3.98. The molecule has 0 N–H and O–H groups in total. The maximum absolute atomic E-state index is 13.7. The standard InChI is InChI=1S/C31H28ClNO4/c1-35-27-16-13-22(14-17-27)12-15-23-19-28(36-2)20-30(37-3)29(23)21-33(26-10-5-4-6-11-26)31(34)24-8-7-9-25(32)18-24/h4-20H,21H2,1-3H3. The zero-order valence-electron chi connectivity index (χ0n) is 21.0. The molecular weight excluding hydrogens is 486 g/mol. The van der Waals surface area contributed by atoms with Gasteiger partial charge in [-0.1, -0.05) is 60.2 Å². The van der Waals surface area contributed by atoms with Gasteiger partial charge in [0.2, 0.25) is 0 Å². The van der Waals surface area contributed by atoms with Crippen LogP contribution in [0.5, 0.6) is 17.2 Å². The molecule has 0 bridgehead atoms. The Balaban J connectivity index is 1.78. The van der Waals surface area contributed by atoms with E-state index in [9.17, 15) is 4.79 Å². The van der Waals surface area contributed by atoms with Crippen LogP contribution in [-0.4, -0.2) is 27.2 Å². The molecule has 1 amide bonds. The van der Waals surface area contributed by atoms with Crippen LogP contribution in [0.1, 0.15) is 27.0 Å². The van der Waals surface area contributed by atoms with E-state index in [0.717, 1.165) is 28.1 Å². The lowest BCUT2D eigenvalue weighted by atomic mass is 10.0. The van der Waals surface area contributed by atoms with Gasteiger partial charge >= 0.3 is 0 Å². The predicted octanol–water partition coefficient (Wildman–Crippen LogP) is 7.38. The normalized spacial score (nSPS) is 10.8. The Labute approximate surface area is 222 Å². The topological polar surface area (TPSA) is 48.0 Å². The van der Waals surface area contributed by atoms with Gasteiger partial charge in [0, 0.05) is 27.9 Å². The van der Waals surface area contributed by atoms with E-state index < -0.39 is 0 Å². The largest absolute Gasteiger partial charge is 0.497 e. The number of benzene rings is 4. The van der Waals surface area contributed by atoms with Crippen LogP contribution in [0.15, 0.2) is 91.0 Å². The highest BCUT2D eigenvalue weighted by Crippen LogP contribution is 2.33. The summed E-state index contributed by atoms with van der Waals surface area (Å²) in [6, 6.07) is 28.0. The van der Waals surface area contributed by atoms with Crippen molar-refractivity contribution in [3.63, 3.8) is 0 Å². The van der Waals surface area contributed by atoms with E-state index in [1.54, 1.807) is 50.5 Å². The van der Waals surface area contributed by atoms with Crippen LogP contribution in [0.4, 0.5) is 5.69 Å². The molecule has 6 heteroatoms. The van der Waals surface area contributed by atoms with Gasteiger partial charge in [0.1, 0.15) is 17.2 Å². The Bertz CT molecular complexity index is 1380. The number of halogens is 1. The van der Waals surface area contributed by atoms with E-state index in [0.29, 0.717) is 22.1 Å². The minimum Gasteiger partial charge on any atom is -0.497 e. The van der Waals surface area contributed by atoms with Crippen LogP contribution in [-0.2, 0) is 6.54 Å². The fraction of sp³-hybridized carbons (Fsp3) is 0.129. The van der Waals surface area contributed by atoms with E-state index in [1.807, 2.05) is 78.9 Å². The molecule has 188 valence electrons. The zero-order chi connectivity index (χ0) is 26.2. The van der Waals surface area contributed by atoms with Crippen molar-refractivity contribution in [2.75, 3.05) is 26.2 Å². The molecule has 0 heterocycles. The summed E-state index contributed by atoms with van der Waals surface area (Å²) < 4.78 is 16.6. The highest BCUT2D eigenvalue weighted by atomic mass is 35.5. The maximum Gasteiger partial charge on any atom is 0.258 e. The molecule has 4 aromatic rings. The van der Waals surface area contributed by atoms with Crippen LogP contribution in [0, 0.1) is 0 Å². The van der Waals surface area contributed by atoms with Gasteiger partial charge in [-0.15, -0.1) is 0 Å². The molecule has 0 aliphatic heterocycles. The summed E-state index contributed by atoms with van der Waals surface area (Å²) in [4.78, 5) is 15.5. The smallest absolute Gasteiger partial charge is 0.258 e. The summed E-state index contributed by atoms with van der Waals surface area (Å²) in [7, 11) is 4.87. The summed E-state index contributed by atoms with van der Waals surface area (Å²) in [6.07, 6.45) is 4.00. The van der Waals surface area contributed by atoms with Gasteiger partial charge in [-0.05, 0) is 59.7 Å². The van der Waals surface area contributed by atoms with Gasteiger partial charge in [0.25, 0.3) is 5.91 Å². The lowest BCUT2D eigenvalue weighted by Gasteiger charge is -2.25. The van der Waals surface area contributed by atoms with E-state index in [1.165, 1.54) is 0 Å². The van der Waals surface area contributed by atoms with Gasteiger partial charge in [-0.3, -0.25) is 4.79 Å². The average Bonchev–Trinajstić information content (AvgIpc) is 2.95. The van der Waals surface area contributed by atoms with Crippen molar-refractivity contribution in [1.82, 2.24) is 0 Å². The number of para-hydroxylation sites is 1. The highest BCUT2D eigenvalue weighted by molar-refractivity contribution is 6.31. The molecule has 0 fully saturated rings. The number of anilines is 1. The second-order valence-corrected chi connectivity index (χ2v) is 8.68. The van der Waals surface area contributed by atoms with E-state index in [4.69, 9.17) is 25.8 Å². The predicted molar refractivity (Wildman–Crippen MR) is 150 cm³/mol. The minimum absolute atomic E-state index is 0.170. The number of carbonyl (C=O) groups is 1. The fourth-order valence-corrected chi connectivity index (χ4v) is 4.17. The summed E-state index contributed by atoms with van der Waals surface area (Å²) in [5.74, 6) is 1.89. The minimum atomic E-state index is -0.170. The quantitative estimate of drug-likeness (QED) is 0.219. The lowest BCUT2D eigenvalue weighted by Crippen LogP contribution is -2.31. The second-order valence-electron chi connectivity index (χ2n) is 8.24. The average molecular weight is 514 g/mol. The van der Waals surface area contributed by atoms with E-state index in [-0.39, 0.29) is 12.5 Å². The third kappa shape index (κ3) is 6.32. The van der Waals surface area contributed by atoms with Crippen LogP contribution in [0.3, 0.4) is 0 Å². The van der Waals surface area contributed by atoms with Crippen molar-refractivity contribution in [1.29, 1.82) is 0 Å². The lowest BCUT2D eigenvalue weighted by molar-refractivity contribution is 0.0985.